The number of hydrogen-bond donors (Lipinski definition) is 0. The summed E-state index contributed by atoms with van der Waals surface area (Å²) in [5.41, 5.74) is 3.00. The van der Waals surface area contributed by atoms with Gasteiger partial charge in [-0.2, -0.15) is 0 Å². The van der Waals surface area contributed by atoms with E-state index in [0.717, 1.165) is 18.7 Å². The Kier molecular flexibility index (Phi) is 4.35. The van der Waals surface area contributed by atoms with Crippen LogP contribution in [0.1, 0.15) is 44.7 Å². The van der Waals surface area contributed by atoms with Crippen LogP contribution in [0.3, 0.4) is 0 Å². The molecule has 5 heteroatoms. The lowest BCUT2D eigenvalue weighted by atomic mass is 10.00. The fourth-order valence-corrected chi connectivity index (χ4v) is 3.04. The van der Waals surface area contributed by atoms with Crippen LogP contribution in [0, 0.1) is 0 Å². The standard InChI is InChI=1S/C19H25N3O2/c1-14-12-22(18(23)24-19(2,3)4)17-6-5-15(11-16(14)17)7-9-21-10-8-20-13-21/h5-6,8,10-11,13-14H,7,9,12H2,1-4H3. The van der Waals surface area contributed by atoms with Crippen LogP contribution in [0.4, 0.5) is 10.5 Å². The van der Waals surface area contributed by atoms with Crippen LogP contribution in [0.15, 0.2) is 36.9 Å². The van der Waals surface area contributed by atoms with Crippen molar-refractivity contribution in [3.8, 4) is 0 Å². The first kappa shape index (κ1) is 16.6. The van der Waals surface area contributed by atoms with Gasteiger partial charge < -0.3 is 9.30 Å². The molecular weight excluding hydrogens is 302 g/mol. The zero-order chi connectivity index (χ0) is 17.3. The first-order valence-corrected chi connectivity index (χ1v) is 8.42. The molecule has 0 fully saturated rings. The maximum Gasteiger partial charge on any atom is 0.414 e. The second-order valence-corrected chi connectivity index (χ2v) is 7.44. The Labute approximate surface area is 143 Å². The summed E-state index contributed by atoms with van der Waals surface area (Å²) in [4.78, 5) is 18.3. The first-order chi connectivity index (χ1) is 11.3. The van der Waals surface area contributed by atoms with Gasteiger partial charge >= 0.3 is 6.09 Å². The summed E-state index contributed by atoms with van der Waals surface area (Å²) in [6.45, 7) is 9.42. The largest absolute Gasteiger partial charge is 0.443 e. The first-order valence-electron chi connectivity index (χ1n) is 8.42. The number of hydrogen-bond acceptors (Lipinski definition) is 3. The Hall–Kier alpha value is -2.30. The van der Waals surface area contributed by atoms with Gasteiger partial charge in [0.2, 0.25) is 0 Å². The number of ether oxygens (including phenoxy) is 1. The van der Waals surface area contributed by atoms with Gasteiger partial charge in [0.25, 0.3) is 0 Å². The van der Waals surface area contributed by atoms with E-state index in [0.29, 0.717) is 12.5 Å². The zero-order valence-electron chi connectivity index (χ0n) is 14.8. The lowest BCUT2D eigenvalue weighted by molar-refractivity contribution is 0.0582. The molecule has 0 radical (unpaired) electrons. The third-order valence-corrected chi connectivity index (χ3v) is 4.20. The van der Waals surface area contributed by atoms with Crippen molar-refractivity contribution in [1.29, 1.82) is 0 Å². The van der Waals surface area contributed by atoms with E-state index in [4.69, 9.17) is 4.74 Å². The predicted octanol–water partition coefficient (Wildman–Crippen LogP) is 3.98. The van der Waals surface area contributed by atoms with Crippen molar-refractivity contribution in [2.75, 3.05) is 11.4 Å². The average molecular weight is 327 g/mol. The minimum Gasteiger partial charge on any atom is -0.443 e. The quantitative estimate of drug-likeness (QED) is 0.856. The maximum atomic E-state index is 12.4. The van der Waals surface area contributed by atoms with Crippen LogP contribution < -0.4 is 4.90 Å². The molecule has 0 saturated carbocycles. The molecule has 1 aromatic heterocycles. The zero-order valence-corrected chi connectivity index (χ0v) is 14.8. The molecule has 3 rings (SSSR count). The molecule has 5 nitrogen and oxygen atoms in total. The normalized spacial score (nSPS) is 17.0. The summed E-state index contributed by atoms with van der Waals surface area (Å²) in [7, 11) is 0. The summed E-state index contributed by atoms with van der Waals surface area (Å²) in [5.74, 6) is 0.320. The molecule has 0 N–H and O–H groups in total. The second-order valence-electron chi connectivity index (χ2n) is 7.44. The van der Waals surface area contributed by atoms with Crippen LogP contribution in [-0.2, 0) is 17.7 Å². The predicted molar refractivity (Wildman–Crippen MR) is 94.4 cm³/mol. The van der Waals surface area contributed by atoms with E-state index in [-0.39, 0.29) is 6.09 Å². The molecule has 0 saturated heterocycles. The average Bonchev–Trinajstić information content (AvgIpc) is 3.12. The summed E-state index contributed by atoms with van der Waals surface area (Å²) in [6.07, 6.45) is 6.28. The Bertz CT molecular complexity index is 717. The van der Waals surface area contributed by atoms with Gasteiger partial charge in [-0.05, 0) is 44.4 Å². The number of carbonyl (C=O) groups is 1. The van der Waals surface area contributed by atoms with Crippen molar-refractivity contribution in [2.24, 2.45) is 0 Å². The molecule has 128 valence electrons. The van der Waals surface area contributed by atoms with Gasteiger partial charge in [0.1, 0.15) is 5.60 Å². The van der Waals surface area contributed by atoms with E-state index in [1.807, 2.05) is 39.4 Å². The minimum atomic E-state index is -0.478. The van der Waals surface area contributed by atoms with E-state index in [1.54, 1.807) is 11.1 Å². The van der Waals surface area contributed by atoms with E-state index in [1.165, 1.54) is 11.1 Å². The monoisotopic (exact) mass is 327 g/mol. The van der Waals surface area contributed by atoms with Crippen molar-refractivity contribution in [2.45, 2.75) is 52.2 Å². The van der Waals surface area contributed by atoms with Crippen molar-refractivity contribution in [3.05, 3.63) is 48.0 Å². The number of nitrogens with zero attached hydrogens (tertiary/aromatic N) is 3. The molecule has 0 aliphatic carbocycles. The number of rotatable bonds is 3. The highest BCUT2D eigenvalue weighted by molar-refractivity contribution is 5.91. The lowest BCUT2D eigenvalue weighted by Crippen LogP contribution is -2.36. The van der Waals surface area contributed by atoms with Gasteiger partial charge in [0, 0.05) is 31.4 Å². The van der Waals surface area contributed by atoms with Crippen LogP contribution in [0.25, 0.3) is 0 Å². The van der Waals surface area contributed by atoms with Crippen LogP contribution in [0.2, 0.25) is 0 Å². The molecule has 1 aliphatic heterocycles. The molecule has 1 aromatic carbocycles. The summed E-state index contributed by atoms with van der Waals surface area (Å²) >= 11 is 0. The van der Waals surface area contributed by atoms with Gasteiger partial charge in [-0.1, -0.05) is 19.1 Å². The Morgan fingerprint density at radius 2 is 2.17 bits per heavy atom. The van der Waals surface area contributed by atoms with Crippen molar-refractivity contribution >= 4 is 11.8 Å². The topological polar surface area (TPSA) is 47.4 Å². The third-order valence-electron chi connectivity index (χ3n) is 4.20. The number of aryl methyl sites for hydroxylation is 2. The SMILES string of the molecule is CC1CN(C(=O)OC(C)(C)C)c2ccc(CCn3ccnc3)cc21. The van der Waals surface area contributed by atoms with Gasteiger partial charge in [0.15, 0.2) is 0 Å². The number of aromatic nitrogens is 2. The molecule has 1 unspecified atom stereocenters. The Morgan fingerprint density at radius 3 is 2.83 bits per heavy atom. The Balaban J connectivity index is 1.75. The summed E-state index contributed by atoms with van der Waals surface area (Å²) < 4.78 is 7.60. The molecule has 0 spiro atoms. The molecule has 1 amide bonds. The fraction of sp³-hybridized carbons (Fsp3) is 0.474. The van der Waals surface area contributed by atoms with Gasteiger partial charge in [0.05, 0.1) is 12.0 Å². The van der Waals surface area contributed by atoms with Crippen molar-refractivity contribution in [3.63, 3.8) is 0 Å². The van der Waals surface area contributed by atoms with Crippen molar-refractivity contribution < 1.29 is 9.53 Å². The molecule has 2 heterocycles. The molecular formula is C19H25N3O2. The van der Waals surface area contributed by atoms with Crippen LogP contribution in [0.5, 0.6) is 0 Å². The van der Waals surface area contributed by atoms with Gasteiger partial charge in [-0.25, -0.2) is 9.78 Å². The van der Waals surface area contributed by atoms with E-state index in [9.17, 15) is 4.79 Å². The number of carbonyl (C=O) groups excluding carboxylic acids is 1. The molecule has 1 aliphatic rings. The summed E-state index contributed by atoms with van der Waals surface area (Å²) in [6, 6.07) is 6.37. The maximum absolute atomic E-state index is 12.4. The molecule has 24 heavy (non-hydrogen) atoms. The number of imidazole rings is 1. The Morgan fingerprint density at radius 1 is 1.38 bits per heavy atom. The van der Waals surface area contributed by atoms with Crippen molar-refractivity contribution in [1.82, 2.24) is 9.55 Å². The third kappa shape index (κ3) is 3.61. The van der Waals surface area contributed by atoms with Crippen LogP contribution >= 0.6 is 0 Å². The van der Waals surface area contributed by atoms with E-state index < -0.39 is 5.60 Å². The molecule has 1 atom stereocenters. The number of anilines is 1. The second kappa shape index (κ2) is 6.30. The number of amides is 1. The van der Waals surface area contributed by atoms with E-state index in [2.05, 4.69) is 28.6 Å². The number of fused-ring (bicyclic) bond motifs is 1. The van der Waals surface area contributed by atoms with Crippen LogP contribution in [-0.4, -0.2) is 27.8 Å². The lowest BCUT2D eigenvalue weighted by Gasteiger charge is -2.25. The fourth-order valence-electron chi connectivity index (χ4n) is 3.04. The number of benzene rings is 1. The highest BCUT2D eigenvalue weighted by atomic mass is 16.6. The highest BCUT2D eigenvalue weighted by Crippen LogP contribution is 2.37. The smallest absolute Gasteiger partial charge is 0.414 e. The minimum absolute atomic E-state index is 0.265. The van der Waals surface area contributed by atoms with E-state index >= 15 is 0 Å². The molecule has 0 bridgehead atoms. The summed E-state index contributed by atoms with van der Waals surface area (Å²) in [5, 5.41) is 0. The highest BCUT2D eigenvalue weighted by Gasteiger charge is 2.32. The molecule has 2 aromatic rings. The van der Waals surface area contributed by atoms with Gasteiger partial charge in [-0.15, -0.1) is 0 Å². The van der Waals surface area contributed by atoms with Gasteiger partial charge in [-0.3, -0.25) is 4.90 Å².